The second-order valence-corrected chi connectivity index (χ2v) is 6.48. The molecule has 0 unspecified atom stereocenters. The minimum absolute atomic E-state index is 0.00583. The van der Waals surface area contributed by atoms with Gasteiger partial charge < -0.3 is 14.6 Å². The van der Waals surface area contributed by atoms with Crippen molar-refractivity contribution in [3.8, 4) is 34.8 Å². The van der Waals surface area contributed by atoms with Gasteiger partial charge in [0.25, 0.3) is 0 Å². The SMILES string of the molecule is CCCCOc1c(C(=O)O)ccc(-c2cccc(C#N)c2C#N)c1OCCCC. The Morgan fingerprint density at radius 1 is 0.931 bits per heavy atom. The minimum atomic E-state index is -1.12. The van der Waals surface area contributed by atoms with Crippen LogP contribution in [0.25, 0.3) is 11.1 Å². The summed E-state index contributed by atoms with van der Waals surface area (Å²) in [4.78, 5) is 11.8. The first-order chi connectivity index (χ1) is 14.1. The highest BCUT2D eigenvalue weighted by atomic mass is 16.5. The molecule has 0 atom stereocenters. The van der Waals surface area contributed by atoms with Crippen molar-refractivity contribution in [3.63, 3.8) is 0 Å². The van der Waals surface area contributed by atoms with Crippen LogP contribution in [0.3, 0.4) is 0 Å². The van der Waals surface area contributed by atoms with E-state index < -0.39 is 5.97 Å². The van der Waals surface area contributed by atoms with E-state index in [1.807, 2.05) is 19.9 Å². The normalized spacial score (nSPS) is 10.1. The van der Waals surface area contributed by atoms with Crippen LogP contribution < -0.4 is 9.47 Å². The largest absolute Gasteiger partial charge is 0.489 e. The Balaban J connectivity index is 2.72. The molecule has 29 heavy (non-hydrogen) atoms. The quantitative estimate of drug-likeness (QED) is 0.561. The molecule has 0 bridgehead atoms. The van der Waals surface area contributed by atoms with Crippen LogP contribution in [-0.4, -0.2) is 24.3 Å². The van der Waals surface area contributed by atoms with Crippen molar-refractivity contribution in [2.24, 2.45) is 0 Å². The number of aromatic carboxylic acids is 1. The zero-order valence-corrected chi connectivity index (χ0v) is 16.7. The second kappa shape index (κ2) is 10.7. The van der Waals surface area contributed by atoms with Gasteiger partial charge in [-0.15, -0.1) is 0 Å². The summed E-state index contributed by atoms with van der Waals surface area (Å²) >= 11 is 0. The molecule has 0 aliphatic rings. The highest BCUT2D eigenvalue weighted by molar-refractivity contribution is 5.95. The minimum Gasteiger partial charge on any atom is -0.489 e. The fraction of sp³-hybridized carbons (Fsp3) is 0.348. The molecule has 0 aromatic heterocycles. The Hall–Kier alpha value is -3.51. The van der Waals surface area contributed by atoms with Gasteiger partial charge in [0.05, 0.1) is 24.3 Å². The van der Waals surface area contributed by atoms with Crippen molar-refractivity contribution in [3.05, 3.63) is 47.0 Å². The molecule has 2 aromatic rings. The van der Waals surface area contributed by atoms with Crippen molar-refractivity contribution >= 4 is 5.97 Å². The number of ether oxygens (including phenoxy) is 2. The number of hydrogen-bond donors (Lipinski definition) is 1. The van der Waals surface area contributed by atoms with Gasteiger partial charge in [-0.1, -0.05) is 38.8 Å². The predicted molar refractivity (Wildman–Crippen MR) is 109 cm³/mol. The van der Waals surface area contributed by atoms with Crippen molar-refractivity contribution in [1.29, 1.82) is 10.5 Å². The topological polar surface area (TPSA) is 103 Å². The van der Waals surface area contributed by atoms with E-state index in [0.717, 1.165) is 25.7 Å². The van der Waals surface area contributed by atoms with Gasteiger partial charge in [0.1, 0.15) is 17.7 Å². The van der Waals surface area contributed by atoms with Crippen LogP contribution in [0.1, 0.15) is 61.0 Å². The Kier molecular flexibility index (Phi) is 8.06. The standard InChI is InChI=1S/C23H24N2O4/c1-3-5-12-28-21-18(17-9-7-8-16(14-24)20(17)15-25)10-11-19(23(26)27)22(21)29-13-6-4-2/h7-11H,3-6,12-13H2,1-2H3,(H,26,27). The third-order valence-corrected chi connectivity index (χ3v) is 4.42. The molecule has 0 fully saturated rings. The lowest BCUT2D eigenvalue weighted by Crippen LogP contribution is -2.09. The summed E-state index contributed by atoms with van der Waals surface area (Å²) in [5, 5.41) is 28.6. The van der Waals surface area contributed by atoms with E-state index in [0.29, 0.717) is 30.1 Å². The monoisotopic (exact) mass is 392 g/mol. The number of carboxylic acids is 1. The summed E-state index contributed by atoms with van der Waals surface area (Å²) in [6.45, 7) is 4.79. The number of benzene rings is 2. The molecule has 6 heteroatoms. The molecule has 0 aliphatic heterocycles. The highest BCUT2D eigenvalue weighted by Gasteiger charge is 2.23. The molecular formula is C23H24N2O4. The van der Waals surface area contributed by atoms with Gasteiger partial charge in [-0.05, 0) is 31.0 Å². The number of nitriles is 2. The second-order valence-electron chi connectivity index (χ2n) is 6.48. The summed E-state index contributed by atoms with van der Waals surface area (Å²) in [5.74, 6) is -0.665. The van der Waals surface area contributed by atoms with Gasteiger partial charge in [-0.3, -0.25) is 0 Å². The van der Waals surface area contributed by atoms with Crippen LogP contribution >= 0.6 is 0 Å². The maximum atomic E-state index is 11.8. The molecule has 0 radical (unpaired) electrons. The van der Waals surface area contributed by atoms with Gasteiger partial charge in [0.2, 0.25) is 0 Å². The number of rotatable bonds is 10. The summed E-state index contributed by atoms with van der Waals surface area (Å²) in [6.07, 6.45) is 3.36. The lowest BCUT2D eigenvalue weighted by molar-refractivity contribution is 0.0691. The fourth-order valence-corrected chi connectivity index (χ4v) is 2.86. The first kappa shape index (κ1) is 21.8. The molecule has 0 aliphatic carbocycles. The third-order valence-electron chi connectivity index (χ3n) is 4.42. The predicted octanol–water partition coefficient (Wildman–Crippen LogP) is 5.15. The van der Waals surface area contributed by atoms with Crippen molar-refractivity contribution in [2.75, 3.05) is 13.2 Å². The van der Waals surface area contributed by atoms with Crippen LogP contribution in [-0.2, 0) is 0 Å². The van der Waals surface area contributed by atoms with Crippen LogP contribution in [0.15, 0.2) is 30.3 Å². The van der Waals surface area contributed by atoms with Crippen molar-refractivity contribution in [1.82, 2.24) is 0 Å². The Morgan fingerprint density at radius 3 is 2.14 bits per heavy atom. The van der Waals surface area contributed by atoms with Crippen molar-refractivity contribution in [2.45, 2.75) is 39.5 Å². The number of nitrogens with zero attached hydrogens (tertiary/aromatic N) is 2. The van der Waals surface area contributed by atoms with Gasteiger partial charge in [-0.25, -0.2) is 4.79 Å². The van der Waals surface area contributed by atoms with E-state index in [1.54, 1.807) is 24.3 Å². The van der Waals surface area contributed by atoms with Crippen LogP contribution in [0, 0.1) is 22.7 Å². The Morgan fingerprint density at radius 2 is 1.59 bits per heavy atom. The van der Waals surface area contributed by atoms with E-state index in [1.165, 1.54) is 6.07 Å². The lowest BCUT2D eigenvalue weighted by atomic mass is 9.94. The van der Waals surface area contributed by atoms with Crippen LogP contribution in [0.5, 0.6) is 11.5 Å². The zero-order chi connectivity index (χ0) is 21.2. The number of carboxylic acid groups (broad SMARTS) is 1. The van der Waals surface area contributed by atoms with Crippen LogP contribution in [0.4, 0.5) is 0 Å². The molecule has 6 nitrogen and oxygen atoms in total. The summed E-state index contributed by atoms with van der Waals surface area (Å²) in [7, 11) is 0. The molecule has 0 amide bonds. The average molecular weight is 392 g/mol. The molecule has 1 N–H and O–H groups in total. The summed E-state index contributed by atoms with van der Waals surface area (Å²) < 4.78 is 11.8. The molecule has 0 saturated heterocycles. The van der Waals surface area contributed by atoms with Gasteiger partial charge >= 0.3 is 5.97 Å². The van der Waals surface area contributed by atoms with Gasteiger partial charge in [-0.2, -0.15) is 10.5 Å². The number of unbranched alkanes of at least 4 members (excludes halogenated alkanes) is 2. The van der Waals surface area contributed by atoms with Crippen LogP contribution in [0.2, 0.25) is 0 Å². The average Bonchev–Trinajstić information content (AvgIpc) is 2.73. The maximum absolute atomic E-state index is 11.8. The molecule has 2 aromatic carbocycles. The molecule has 150 valence electrons. The molecule has 0 saturated carbocycles. The number of carbonyl (C=O) groups is 1. The van der Waals surface area contributed by atoms with Gasteiger partial charge in [0, 0.05) is 11.1 Å². The fourth-order valence-electron chi connectivity index (χ4n) is 2.86. The van der Waals surface area contributed by atoms with E-state index in [2.05, 4.69) is 6.07 Å². The number of hydrogen-bond acceptors (Lipinski definition) is 5. The zero-order valence-electron chi connectivity index (χ0n) is 16.7. The molecule has 0 heterocycles. The molecular weight excluding hydrogens is 368 g/mol. The highest BCUT2D eigenvalue weighted by Crippen LogP contribution is 2.42. The first-order valence-corrected chi connectivity index (χ1v) is 9.68. The van der Waals surface area contributed by atoms with E-state index in [4.69, 9.17) is 9.47 Å². The Bertz CT molecular complexity index is 955. The Labute approximate surface area is 170 Å². The lowest BCUT2D eigenvalue weighted by Gasteiger charge is -2.19. The van der Waals surface area contributed by atoms with E-state index in [9.17, 15) is 20.4 Å². The van der Waals surface area contributed by atoms with E-state index in [-0.39, 0.29) is 22.4 Å². The molecule has 0 spiro atoms. The van der Waals surface area contributed by atoms with Crippen molar-refractivity contribution < 1.29 is 19.4 Å². The van der Waals surface area contributed by atoms with Gasteiger partial charge in [0.15, 0.2) is 11.5 Å². The third kappa shape index (κ3) is 5.06. The van der Waals surface area contributed by atoms with E-state index >= 15 is 0 Å². The maximum Gasteiger partial charge on any atom is 0.339 e. The summed E-state index contributed by atoms with van der Waals surface area (Å²) in [5.41, 5.74) is 1.52. The smallest absolute Gasteiger partial charge is 0.339 e. The molecule has 2 rings (SSSR count). The summed E-state index contributed by atoms with van der Waals surface area (Å²) in [6, 6.07) is 12.1. The first-order valence-electron chi connectivity index (χ1n) is 9.68.